The number of nitrogens with one attached hydrogen (secondary N) is 1. The second-order valence-corrected chi connectivity index (χ2v) is 8.61. The van der Waals surface area contributed by atoms with Crippen LogP contribution in [0.4, 0.5) is 5.69 Å². The van der Waals surface area contributed by atoms with Gasteiger partial charge in [-0.05, 0) is 67.6 Å². The van der Waals surface area contributed by atoms with Crippen molar-refractivity contribution in [2.24, 2.45) is 0 Å². The van der Waals surface area contributed by atoms with Crippen molar-refractivity contribution in [2.45, 2.75) is 18.7 Å². The largest absolute Gasteiger partial charge is 0.497 e. The molecule has 0 radical (unpaired) electrons. The molecule has 0 bridgehead atoms. The molecule has 190 valence electrons. The molecule has 3 aromatic carbocycles. The average molecular weight is 519 g/mol. The van der Waals surface area contributed by atoms with Crippen LogP contribution in [0.5, 0.6) is 11.5 Å². The van der Waals surface area contributed by atoms with Crippen LogP contribution in [0.25, 0.3) is 5.69 Å². The number of carbonyl (C=O) groups is 2. The lowest BCUT2D eigenvalue weighted by Crippen LogP contribution is -2.15. The number of aromatic nitrogens is 3. The van der Waals surface area contributed by atoms with E-state index in [4.69, 9.17) is 14.2 Å². The molecule has 0 aliphatic carbocycles. The van der Waals surface area contributed by atoms with Gasteiger partial charge in [-0.3, -0.25) is 9.36 Å². The second-order valence-electron chi connectivity index (χ2n) is 7.67. The minimum absolute atomic E-state index is 0.105. The van der Waals surface area contributed by atoms with Crippen molar-refractivity contribution in [1.82, 2.24) is 14.8 Å². The Morgan fingerprint density at radius 1 is 0.919 bits per heavy atom. The summed E-state index contributed by atoms with van der Waals surface area (Å²) >= 11 is 1.25. The Balaban J connectivity index is 1.45. The first-order chi connectivity index (χ1) is 18.1. The molecule has 37 heavy (non-hydrogen) atoms. The fourth-order valence-electron chi connectivity index (χ4n) is 3.37. The van der Waals surface area contributed by atoms with Crippen LogP contribution in [0.3, 0.4) is 0 Å². The molecule has 4 aromatic rings. The van der Waals surface area contributed by atoms with Crippen molar-refractivity contribution in [1.29, 1.82) is 0 Å². The number of rotatable bonds is 11. The quantitative estimate of drug-likeness (QED) is 0.224. The second kappa shape index (κ2) is 12.6. The fourth-order valence-corrected chi connectivity index (χ4v) is 4.14. The number of methoxy groups -OCH3 is 1. The summed E-state index contributed by atoms with van der Waals surface area (Å²) in [6.07, 6.45) is 0. The summed E-state index contributed by atoms with van der Waals surface area (Å²) < 4.78 is 18.0. The molecule has 10 heteroatoms. The summed E-state index contributed by atoms with van der Waals surface area (Å²) in [5.41, 5.74) is 1.81. The third-order valence-corrected chi connectivity index (χ3v) is 6.08. The van der Waals surface area contributed by atoms with Crippen molar-refractivity contribution < 1.29 is 23.8 Å². The number of ether oxygens (including phenoxy) is 3. The molecule has 0 aliphatic heterocycles. The highest BCUT2D eigenvalue weighted by Gasteiger charge is 2.17. The summed E-state index contributed by atoms with van der Waals surface area (Å²) in [6.45, 7) is 2.25. The van der Waals surface area contributed by atoms with Gasteiger partial charge in [0, 0.05) is 11.4 Å². The highest BCUT2D eigenvalue weighted by atomic mass is 32.2. The van der Waals surface area contributed by atoms with Crippen LogP contribution in [0.2, 0.25) is 0 Å². The predicted molar refractivity (Wildman–Crippen MR) is 140 cm³/mol. The van der Waals surface area contributed by atoms with Gasteiger partial charge in [0.05, 0.1) is 25.0 Å². The number of para-hydroxylation sites is 1. The van der Waals surface area contributed by atoms with Crippen molar-refractivity contribution in [2.75, 3.05) is 24.8 Å². The maximum absolute atomic E-state index is 12.6. The predicted octanol–water partition coefficient (Wildman–Crippen LogP) is 4.76. The van der Waals surface area contributed by atoms with Gasteiger partial charge >= 0.3 is 5.97 Å². The highest BCUT2D eigenvalue weighted by Crippen LogP contribution is 2.25. The summed E-state index contributed by atoms with van der Waals surface area (Å²) in [6, 6.07) is 23.5. The van der Waals surface area contributed by atoms with Crippen LogP contribution in [0.15, 0.2) is 84.0 Å². The van der Waals surface area contributed by atoms with Crippen LogP contribution >= 0.6 is 11.8 Å². The number of amides is 1. The molecule has 0 unspecified atom stereocenters. The van der Waals surface area contributed by atoms with Crippen LogP contribution in [-0.4, -0.2) is 46.1 Å². The van der Waals surface area contributed by atoms with Crippen molar-refractivity contribution in [3.63, 3.8) is 0 Å². The van der Waals surface area contributed by atoms with Gasteiger partial charge in [0.2, 0.25) is 5.91 Å². The van der Waals surface area contributed by atoms with Crippen LogP contribution < -0.4 is 14.8 Å². The number of hydrogen-bond acceptors (Lipinski definition) is 8. The Kier molecular flexibility index (Phi) is 8.77. The zero-order valence-corrected chi connectivity index (χ0v) is 21.2. The van der Waals surface area contributed by atoms with Gasteiger partial charge in [-0.1, -0.05) is 30.0 Å². The van der Waals surface area contributed by atoms with Crippen LogP contribution in [0.1, 0.15) is 23.1 Å². The lowest BCUT2D eigenvalue weighted by molar-refractivity contribution is -0.113. The van der Waals surface area contributed by atoms with E-state index in [0.717, 1.165) is 11.4 Å². The molecular weight excluding hydrogens is 492 g/mol. The standard InChI is InChI=1S/C27H26N4O5S/c1-3-35-26(33)19-9-11-20(12-10-19)28-25(32)18-37-27-30-29-24(17-36-23-7-5-4-6-8-23)31(27)21-13-15-22(34-2)16-14-21/h4-16H,3,17-18H2,1-2H3,(H,28,32). The average Bonchev–Trinajstić information content (AvgIpc) is 3.34. The minimum Gasteiger partial charge on any atom is -0.497 e. The van der Waals surface area contributed by atoms with Crippen molar-refractivity contribution in [3.05, 3.63) is 90.3 Å². The first-order valence-corrected chi connectivity index (χ1v) is 12.5. The molecule has 0 fully saturated rings. The molecule has 0 spiro atoms. The van der Waals surface area contributed by atoms with E-state index < -0.39 is 5.97 Å². The molecule has 0 atom stereocenters. The summed E-state index contributed by atoms with van der Waals surface area (Å²) in [5.74, 6) is 1.51. The maximum Gasteiger partial charge on any atom is 0.338 e. The minimum atomic E-state index is -0.402. The third-order valence-electron chi connectivity index (χ3n) is 5.15. The smallest absolute Gasteiger partial charge is 0.338 e. The van der Waals surface area contributed by atoms with E-state index in [0.29, 0.717) is 34.6 Å². The first-order valence-electron chi connectivity index (χ1n) is 11.5. The lowest BCUT2D eigenvalue weighted by atomic mass is 10.2. The van der Waals surface area contributed by atoms with Crippen LogP contribution in [0, 0.1) is 0 Å². The van der Waals surface area contributed by atoms with E-state index >= 15 is 0 Å². The topological polar surface area (TPSA) is 105 Å². The number of hydrogen-bond donors (Lipinski definition) is 1. The molecule has 9 nitrogen and oxygen atoms in total. The molecule has 4 rings (SSSR count). The fraction of sp³-hybridized carbons (Fsp3) is 0.185. The zero-order valence-electron chi connectivity index (χ0n) is 20.4. The molecule has 1 amide bonds. The monoisotopic (exact) mass is 518 g/mol. The summed E-state index contributed by atoms with van der Waals surface area (Å²) in [7, 11) is 1.61. The van der Waals surface area contributed by atoms with E-state index in [2.05, 4.69) is 15.5 Å². The molecule has 1 N–H and O–H groups in total. The molecule has 0 saturated heterocycles. The SMILES string of the molecule is CCOC(=O)c1ccc(NC(=O)CSc2nnc(COc3ccccc3)n2-c2ccc(OC)cc2)cc1. The van der Waals surface area contributed by atoms with E-state index in [-0.39, 0.29) is 18.3 Å². The Morgan fingerprint density at radius 2 is 1.65 bits per heavy atom. The number of anilines is 1. The van der Waals surface area contributed by atoms with Gasteiger partial charge in [0.25, 0.3) is 0 Å². The van der Waals surface area contributed by atoms with Gasteiger partial charge in [-0.2, -0.15) is 0 Å². The zero-order chi connectivity index (χ0) is 26.0. The van der Waals surface area contributed by atoms with Gasteiger partial charge < -0.3 is 19.5 Å². The van der Waals surface area contributed by atoms with Gasteiger partial charge in [0.1, 0.15) is 18.1 Å². The number of nitrogens with zero attached hydrogens (tertiary/aromatic N) is 3. The summed E-state index contributed by atoms with van der Waals surface area (Å²) in [5, 5.41) is 12.0. The molecule has 1 aromatic heterocycles. The molecular formula is C27H26N4O5S. The maximum atomic E-state index is 12.6. The van der Waals surface area contributed by atoms with E-state index in [1.54, 1.807) is 38.3 Å². The van der Waals surface area contributed by atoms with E-state index in [1.165, 1.54) is 11.8 Å². The first kappa shape index (κ1) is 25.8. The molecule has 1 heterocycles. The number of thioether (sulfide) groups is 1. The molecule has 0 aliphatic rings. The van der Waals surface area contributed by atoms with Crippen molar-refractivity contribution >= 4 is 29.3 Å². The van der Waals surface area contributed by atoms with E-state index in [9.17, 15) is 9.59 Å². The normalized spacial score (nSPS) is 10.5. The van der Waals surface area contributed by atoms with Crippen molar-refractivity contribution in [3.8, 4) is 17.2 Å². The van der Waals surface area contributed by atoms with Gasteiger partial charge in [-0.25, -0.2) is 4.79 Å². The van der Waals surface area contributed by atoms with Gasteiger partial charge in [0.15, 0.2) is 11.0 Å². The van der Waals surface area contributed by atoms with E-state index in [1.807, 2.05) is 59.2 Å². The Hall–Kier alpha value is -4.31. The number of benzene rings is 3. The van der Waals surface area contributed by atoms with Gasteiger partial charge in [-0.15, -0.1) is 10.2 Å². The Bertz CT molecular complexity index is 1330. The number of esters is 1. The summed E-state index contributed by atoms with van der Waals surface area (Å²) in [4.78, 5) is 24.4. The highest BCUT2D eigenvalue weighted by molar-refractivity contribution is 7.99. The number of carbonyl (C=O) groups excluding carboxylic acids is 2. The van der Waals surface area contributed by atoms with Crippen LogP contribution in [-0.2, 0) is 16.1 Å². The Morgan fingerprint density at radius 3 is 2.32 bits per heavy atom. The lowest BCUT2D eigenvalue weighted by Gasteiger charge is -2.12. The molecule has 0 saturated carbocycles. The third kappa shape index (κ3) is 6.89. The Labute approximate surface area is 218 Å².